The molecule has 0 heterocycles. The Morgan fingerprint density at radius 3 is 2.71 bits per heavy atom. The number of carbonyl (C=O) groups is 1. The Kier molecular flexibility index (Phi) is 3.74. The second-order valence-corrected chi connectivity index (χ2v) is 4.48. The molecule has 1 amide bonds. The van der Waals surface area contributed by atoms with E-state index in [-0.39, 0.29) is 18.1 Å². The van der Waals surface area contributed by atoms with Crippen molar-refractivity contribution in [3.8, 4) is 5.75 Å². The molecule has 0 aliphatic heterocycles. The quantitative estimate of drug-likeness (QED) is 0.844. The topological polar surface area (TPSA) is 40.5 Å². The third-order valence-corrected chi connectivity index (χ3v) is 2.55. The summed E-state index contributed by atoms with van der Waals surface area (Å²) in [7, 11) is 3.40. The van der Waals surface area contributed by atoms with Crippen molar-refractivity contribution < 1.29 is 9.90 Å². The highest BCUT2D eigenvalue weighted by atomic mass is 127. The Morgan fingerprint density at radius 2 is 2.14 bits per heavy atom. The van der Waals surface area contributed by atoms with Gasteiger partial charge in [0.1, 0.15) is 5.75 Å². The predicted octanol–water partition coefficient (Wildman–Crippen LogP) is 1.63. The zero-order valence-corrected chi connectivity index (χ0v) is 10.3. The van der Waals surface area contributed by atoms with Crippen LogP contribution >= 0.6 is 22.6 Å². The molecule has 1 N–H and O–H groups in total. The largest absolute Gasteiger partial charge is 0.508 e. The lowest BCUT2D eigenvalue weighted by Crippen LogP contribution is -2.23. The van der Waals surface area contributed by atoms with Gasteiger partial charge in [0, 0.05) is 23.2 Å². The first-order chi connectivity index (χ1) is 6.50. The number of rotatable bonds is 2. The van der Waals surface area contributed by atoms with E-state index in [0.717, 1.165) is 3.57 Å². The summed E-state index contributed by atoms with van der Waals surface area (Å²) in [5.74, 6) is 0.169. The Hall–Kier alpha value is -0.780. The monoisotopic (exact) mass is 305 g/mol. The van der Waals surface area contributed by atoms with E-state index in [4.69, 9.17) is 0 Å². The minimum atomic E-state index is -0.0118. The summed E-state index contributed by atoms with van der Waals surface area (Å²) in [5, 5.41) is 9.49. The zero-order valence-electron chi connectivity index (χ0n) is 8.12. The van der Waals surface area contributed by atoms with Crippen LogP contribution in [0.3, 0.4) is 0 Å². The molecule has 0 fully saturated rings. The zero-order chi connectivity index (χ0) is 10.7. The number of benzene rings is 1. The molecule has 0 saturated heterocycles. The van der Waals surface area contributed by atoms with E-state index < -0.39 is 0 Å². The van der Waals surface area contributed by atoms with Crippen molar-refractivity contribution in [1.29, 1.82) is 0 Å². The van der Waals surface area contributed by atoms with E-state index >= 15 is 0 Å². The third-order valence-electron chi connectivity index (χ3n) is 1.88. The van der Waals surface area contributed by atoms with Crippen LogP contribution in [0.4, 0.5) is 0 Å². The third kappa shape index (κ3) is 2.87. The maximum atomic E-state index is 11.4. The minimum absolute atomic E-state index is 0.0118. The van der Waals surface area contributed by atoms with E-state index in [0.29, 0.717) is 5.56 Å². The lowest BCUT2D eigenvalue weighted by molar-refractivity contribution is -0.127. The van der Waals surface area contributed by atoms with Gasteiger partial charge in [0.05, 0.1) is 6.42 Å². The number of hydrogen-bond donors (Lipinski definition) is 1. The molecule has 1 rings (SSSR count). The molecule has 0 unspecified atom stereocenters. The average molecular weight is 305 g/mol. The molecule has 1 aromatic carbocycles. The first kappa shape index (κ1) is 11.3. The second-order valence-electron chi connectivity index (χ2n) is 3.24. The Morgan fingerprint density at radius 1 is 1.50 bits per heavy atom. The number of amides is 1. The Balaban J connectivity index is 2.86. The lowest BCUT2D eigenvalue weighted by atomic mass is 10.1. The summed E-state index contributed by atoms with van der Waals surface area (Å²) in [5.41, 5.74) is 0.676. The molecule has 76 valence electrons. The molecule has 1 aromatic rings. The van der Waals surface area contributed by atoms with E-state index in [1.165, 1.54) is 4.90 Å². The summed E-state index contributed by atoms with van der Waals surface area (Å²) in [4.78, 5) is 12.9. The van der Waals surface area contributed by atoms with Crippen molar-refractivity contribution in [3.05, 3.63) is 27.3 Å². The molecule has 0 aliphatic rings. The second kappa shape index (κ2) is 4.63. The van der Waals surface area contributed by atoms with Gasteiger partial charge in [-0.3, -0.25) is 4.79 Å². The molecule has 14 heavy (non-hydrogen) atoms. The van der Waals surface area contributed by atoms with Crippen LogP contribution in [-0.4, -0.2) is 30.0 Å². The van der Waals surface area contributed by atoms with Crippen LogP contribution < -0.4 is 0 Å². The molecule has 0 radical (unpaired) electrons. The smallest absolute Gasteiger partial charge is 0.226 e. The van der Waals surface area contributed by atoms with Crippen LogP contribution in [0, 0.1) is 3.57 Å². The number of carbonyl (C=O) groups excluding carboxylic acids is 1. The Bertz CT molecular complexity index is 350. The molecule has 0 atom stereocenters. The van der Waals surface area contributed by atoms with Crippen LogP contribution in [0.2, 0.25) is 0 Å². The van der Waals surface area contributed by atoms with Gasteiger partial charge in [-0.2, -0.15) is 0 Å². The van der Waals surface area contributed by atoms with Crippen molar-refractivity contribution in [2.24, 2.45) is 0 Å². The summed E-state index contributed by atoms with van der Waals surface area (Å²) in [6.07, 6.45) is 0.246. The first-order valence-corrected chi connectivity index (χ1v) is 5.26. The van der Waals surface area contributed by atoms with Crippen molar-refractivity contribution in [3.63, 3.8) is 0 Å². The van der Waals surface area contributed by atoms with Crippen molar-refractivity contribution in [2.75, 3.05) is 14.1 Å². The maximum absolute atomic E-state index is 11.4. The highest BCUT2D eigenvalue weighted by molar-refractivity contribution is 14.1. The number of hydrogen-bond acceptors (Lipinski definition) is 2. The van der Waals surface area contributed by atoms with Gasteiger partial charge >= 0.3 is 0 Å². The summed E-state index contributed by atoms with van der Waals surface area (Å²) >= 11 is 2.15. The standard InChI is InChI=1S/C10H12INO2/c1-12(2)10(14)6-7-5-8(11)3-4-9(7)13/h3-5,13H,6H2,1-2H3. The van der Waals surface area contributed by atoms with E-state index in [2.05, 4.69) is 22.6 Å². The molecule has 3 nitrogen and oxygen atoms in total. The maximum Gasteiger partial charge on any atom is 0.226 e. The van der Waals surface area contributed by atoms with Crippen LogP contribution in [-0.2, 0) is 11.2 Å². The number of phenols is 1. The van der Waals surface area contributed by atoms with Gasteiger partial charge in [-0.1, -0.05) is 0 Å². The molecule has 0 aliphatic carbocycles. The fraction of sp³-hybridized carbons (Fsp3) is 0.300. The summed E-state index contributed by atoms with van der Waals surface area (Å²) < 4.78 is 1.02. The van der Waals surface area contributed by atoms with E-state index in [1.807, 2.05) is 6.07 Å². The SMILES string of the molecule is CN(C)C(=O)Cc1cc(I)ccc1O. The van der Waals surface area contributed by atoms with E-state index in [9.17, 15) is 9.90 Å². The first-order valence-electron chi connectivity index (χ1n) is 4.18. The number of aromatic hydroxyl groups is 1. The van der Waals surface area contributed by atoms with Gasteiger partial charge in [-0.25, -0.2) is 0 Å². The average Bonchev–Trinajstić information content (AvgIpc) is 2.11. The number of likely N-dealkylation sites (N-methyl/N-ethyl adjacent to an activating group) is 1. The lowest BCUT2D eigenvalue weighted by Gasteiger charge is -2.11. The molecule has 0 saturated carbocycles. The minimum Gasteiger partial charge on any atom is -0.508 e. The number of phenolic OH excluding ortho intramolecular Hbond substituents is 1. The molecule has 0 aromatic heterocycles. The Labute approximate surface area is 96.9 Å². The highest BCUT2D eigenvalue weighted by Crippen LogP contribution is 2.20. The normalized spacial score (nSPS) is 9.93. The van der Waals surface area contributed by atoms with Crippen LogP contribution in [0.25, 0.3) is 0 Å². The van der Waals surface area contributed by atoms with Crippen LogP contribution in [0.5, 0.6) is 5.75 Å². The highest BCUT2D eigenvalue weighted by Gasteiger charge is 2.09. The molecular weight excluding hydrogens is 293 g/mol. The molecular formula is C10H12INO2. The molecule has 0 bridgehead atoms. The fourth-order valence-electron chi connectivity index (χ4n) is 1.02. The van der Waals surface area contributed by atoms with E-state index in [1.54, 1.807) is 26.2 Å². The number of nitrogens with zero attached hydrogens (tertiary/aromatic N) is 1. The molecule has 4 heteroatoms. The van der Waals surface area contributed by atoms with Crippen molar-refractivity contribution in [1.82, 2.24) is 4.90 Å². The summed E-state index contributed by atoms with van der Waals surface area (Å²) in [6, 6.07) is 5.23. The van der Waals surface area contributed by atoms with Crippen LogP contribution in [0.1, 0.15) is 5.56 Å². The van der Waals surface area contributed by atoms with Gasteiger partial charge in [0.25, 0.3) is 0 Å². The number of halogens is 1. The van der Waals surface area contributed by atoms with Gasteiger partial charge < -0.3 is 10.0 Å². The van der Waals surface area contributed by atoms with Crippen molar-refractivity contribution in [2.45, 2.75) is 6.42 Å². The summed E-state index contributed by atoms with van der Waals surface area (Å²) in [6.45, 7) is 0. The van der Waals surface area contributed by atoms with Gasteiger partial charge in [-0.15, -0.1) is 0 Å². The fourth-order valence-corrected chi connectivity index (χ4v) is 1.57. The van der Waals surface area contributed by atoms with Gasteiger partial charge in [0.2, 0.25) is 5.91 Å². The molecule has 0 spiro atoms. The predicted molar refractivity (Wildman–Crippen MR) is 63.2 cm³/mol. The van der Waals surface area contributed by atoms with Crippen molar-refractivity contribution >= 4 is 28.5 Å². The van der Waals surface area contributed by atoms with Gasteiger partial charge in [-0.05, 0) is 40.8 Å². The van der Waals surface area contributed by atoms with Gasteiger partial charge in [0.15, 0.2) is 0 Å². The van der Waals surface area contributed by atoms with Crippen LogP contribution in [0.15, 0.2) is 18.2 Å².